The Bertz CT molecular complexity index is 611. The van der Waals surface area contributed by atoms with E-state index in [4.69, 9.17) is 10.8 Å². The van der Waals surface area contributed by atoms with Gasteiger partial charge >= 0.3 is 0 Å². The number of aliphatic hydroxyl groups is 1. The number of carbonyl (C=O) groups is 1. The third kappa shape index (κ3) is 3.10. The summed E-state index contributed by atoms with van der Waals surface area (Å²) in [6.07, 6.45) is 1.53. The zero-order valence-corrected chi connectivity index (χ0v) is 11.1. The Kier molecular flexibility index (Phi) is 4.27. The first kappa shape index (κ1) is 14.0. The molecule has 0 bridgehead atoms. The van der Waals surface area contributed by atoms with E-state index in [1.165, 1.54) is 6.20 Å². The van der Waals surface area contributed by atoms with E-state index >= 15 is 0 Å². The molecule has 1 amide bonds. The summed E-state index contributed by atoms with van der Waals surface area (Å²) in [5.74, 6) is -0.380. The Morgan fingerprint density at radius 3 is 2.70 bits per heavy atom. The smallest absolute Gasteiger partial charge is 0.273 e. The third-order valence-corrected chi connectivity index (χ3v) is 2.76. The minimum absolute atomic E-state index is 0.0660. The van der Waals surface area contributed by atoms with Crippen molar-refractivity contribution >= 4 is 11.7 Å². The van der Waals surface area contributed by atoms with Gasteiger partial charge in [0.25, 0.3) is 5.91 Å². The van der Waals surface area contributed by atoms with Gasteiger partial charge in [0.05, 0.1) is 18.5 Å². The average molecular weight is 272 g/mol. The first-order valence-electron chi connectivity index (χ1n) is 6.20. The van der Waals surface area contributed by atoms with Crippen molar-refractivity contribution in [2.45, 2.75) is 6.92 Å². The Balaban J connectivity index is 2.33. The van der Waals surface area contributed by atoms with Gasteiger partial charge in [-0.1, -0.05) is 29.8 Å². The predicted molar refractivity (Wildman–Crippen MR) is 76.0 cm³/mol. The number of benzene rings is 1. The molecule has 0 saturated carbocycles. The molecule has 0 aliphatic heterocycles. The minimum atomic E-state index is -0.446. The van der Waals surface area contributed by atoms with Crippen molar-refractivity contribution in [2.24, 2.45) is 0 Å². The largest absolute Gasteiger partial charge is 0.395 e. The number of nitrogens with zero attached hydrogens (tertiary/aromatic N) is 2. The molecule has 6 heteroatoms. The Hall–Kier alpha value is -2.47. The van der Waals surface area contributed by atoms with Crippen molar-refractivity contribution in [1.82, 2.24) is 15.3 Å². The maximum atomic E-state index is 11.9. The molecule has 20 heavy (non-hydrogen) atoms. The van der Waals surface area contributed by atoms with Crippen LogP contribution in [0.2, 0.25) is 0 Å². The van der Waals surface area contributed by atoms with Gasteiger partial charge in [-0.25, -0.2) is 9.97 Å². The molecule has 2 rings (SSSR count). The second-order valence-electron chi connectivity index (χ2n) is 4.33. The van der Waals surface area contributed by atoms with Crippen molar-refractivity contribution in [3.8, 4) is 11.3 Å². The molecule has 0 spiro atoms. The van der Waals surface area contributed by atoms with Crippen LogP contribution < -0.4 is 11.1 Å². The summed E-state index contributed by atoms with van der Waals surface area (Å²) in [6, 6.07) is 7.73. The second-order valence-corrected chi connectivity index (χ2v) is 4.33. The van der Waals surface area contributed by atoms with Gasteiger partial charge in [-0.2, -0.15) is 0 Å². The van der Waals surface area contributed by atoms with E-state index in [0.29, 0.717) is 5.69 Å². The molecule has 1 heterocycles. The number of amides is 1. The highest BCUT2D eigenvalue weighted by atomic mass is 16.3. The first-order valence-corrected chi connectivity index (χ1v) is 6.20. The van der Waals surface area contributed by atoms with E-state index < -0.39 is 5.91 Å². The van der Waals surface area contributed by atoms with Gasteiger partial charge in [0, 0.05) is 12.1 Å². The van der Waals surface area contributed by atoms with E-state index in [0.717, 1.165) is 11.1 Å². The number of hydrogen-bond acceptors (Lipinski definition) is 5. The Morgan fingerprint density at radius 2 is 2.05 bits per heavy atom. The van der Waals surface area contributed by atoms with Crippen LogP contribution >= 0.6 is 0 Å². The molecule has 0 atom stereocenters. The molecule has 0 saturated heterocycles. The van der Waals surface area contributed by atoms with E-state index in [1.54, 1.807) is 0 Å². The molecule has 0 aliphatic carbocycles. The lowest BCUT2D eigenvalue weighted by molar-refractivity contribution is 0.0940. The van der Waals surface area contributed by atoms with Gasteiger partial charge < -0.3 is 16.2 Å². The molecule has 104 valence electrons. The lowest BCUT2D eigenvalue weighted by Gasteiger charge is -2.07. The molecular formula is C14H16N4O2. The summed E-state index contributed by atoms with van der Waals surface area (Å²) >= 11 is 0. The van der Waals surface area contributed by atoms with Crippen LogP contribution in [0, 0.1) is 6.92 Å². The van der Waals surface area contributed by atoms with Crippen molar-refractivity contribution < 1.29 is 9.90 Å². The molecule has 1 aromatic carbocycles. The Labute approximate surface area is 116 Å². The van der Waals surface area contributed by atoms with Crippen LogP contribution in [0.4, 0.5) is 5.82 Å². The van der Waals surface area contributed by atoms with Crippen LogP contribution in [0.15, 0.2) is 30.5 Å². The summed E-state index contributed by atoms with van der Waals surface area (Å²) in [5, 5.41) is 11.2. The number of anilines is 1. The fourth-order valence-electron chi connectivity index (χ4n) is 1.68. The fourth-order valence-corrected chi connectivity index (χ4v) is 1.68. The van der Waals surface area contributed by atoms with Gasteiger partial charge in [0.1, 0.15) is 0 Å². The van der Waals surface area contributed by atoms with E-state index in [2.05, 4.69) is 15.3 Å². The summed E-state index contributed by atoms with van der Waals surface area (Å²) in [6.45, 7) is 2.00. The zero-order chi connectivity index (χ0) is 14.5. The number of aliphatic hydroxyl groups excluding tert-OH is 1. The van der Waals surface area contributed by atoms with Gasteiger partial charge in [0.15, 0.2) is 11.5 Å². The molecule has 2 aromatic rings. The van der Waals surface area contributed by atoms with Crippen LogP contribution in [0.5, 0.6) is 0 Å². The maximum absolute atomic E-state index is 11.9. The van der Waals surface area contributed by atoms with Crippen LogP contribution in [-0.2, 0) is 0 Å². The zero-order valence-electron chi connectivity index (χ0n) is 11.1. The Morgan fingerprint density at radius 1 is 1.35 bits per heavy atom. The standard InChI is InChI=1S/C14H16N4O2/c1-9-2-4-10(5-3-9)11-8-17-13(15)12(18-11)14(20)16-6-7-19/h2-5,8,19H,6-7H2,1H3,(H2,15,17)(H,16,20). The van der Waals surface area contributed by atoms with Crippen molar-refractivity contribution in [2.75, 3.05) is 18.9 Å². The number of nitrogen functional groups attached to an aromatic ring is 1. The topological polar surface area (TPSA) is 101 Å². The second kappa shape index (κ2) is 6.12. The third-order valence-electron chi connectivity index (χ3n) is 2.76. The molecule has 4 N–H and O–H groups in total. The van der Waals surface area contributed by atoms with Gasteiger partial charge in [0.2, 0.25) is 0 Å². The summed E-state index contributed by atoms with van der Waals surface area (Å²) in [5.41, 5.74) is 8.31. The number of nitrogens with two attached hydrogens (primary N) is 1. The molecule has 0 unspecified atom stereocenters. The van der Waals surface area contributed by atoms with Gasteiger partial charge in [-0.3, -0.25) is 4.79 Å². The summed E-state index contributed by atoms with van der Waals surface area (Å²) in [7, 11) is 0. The lowest BCUT2D eigenvalue weighted by atomic mass is 10.1. The highest BCUT2D eigenvalue weighted by Gasteiger charge is 2.14. The molecule has 0 fully saturated rings. The number of aryl methyl sites for hydroxylation is 1. The average Bonchev–Trinajstić information content (AvgIpc) is 2.46. The maximum Gasteiger partial charge on any atom is 0.273 e. The van der Waals surface area contributed by atoms with Crippen molar-refractivity contribution in [3.63, 3.8) is 0 Å². The number of carbonyl (C=O) groups excluding carboxylic acids is 1. The normalized spacial score (nSPS) is 10.3. The fraction of sp³-hybridized carbons (Fsp3) is 0.214. The van der Waals surface area contributed by atoms with Crippen LogP contribution in [0.25, 0.3) is 11.3 Å². The van der Waals surface area contributed by atoms with Crippen molar-refractivity contribution in [1.29, 1.82) is 0 Å². The SMILES string of the molecule is Cc1ccc(-c2cnc(N)c(C(=O)NCCO)n2)cc1. The predicted octanol–water partition coefficient (Wildman–Crippen LogP) is 0.756. The number of hydrogen-bond donors (Lipinski definition) is 3. The monoisotopic (exact) mass is 272 g/mol. The number of rotatable bonds is 4. The van der Waals surface area contributed by atoms with E-state index in [-0.39, 0.29) is 24.7 Å². The van der Waals surface area contributed by atoms with Crippen LogP contribution in [0.1, 0.15) is 16.1 Å². The molecule has 6 nitrogen and oxygen atoms in total. The van der Waals surface area contributed by atoms with E-state index in [1.807, 2.05) is 31.2 Å². The molecule has 1 aromatic heterocycles. The molecule has 0 aliphatic rings. The van der Waals surface area contributed by atoms with E-state index in [9.17, 15) is 4.79 Å². The van der Waals surface area contributed by atoms with Crippen molar-refractivity contribution in [3.05, 3.63) is 41.7 Å². The summed E-state index contributed by atoms with van der Waals surface area (Å²) < 4.78 is 0. The number of aromatic nitrogens is 2. The number of nitrogens with one attached hydrogen (secondary N) is 1. The first-order chi connectivity index (χ1) is 9.61. The molecule has 0 radical (unpaired) electrons. The van der Waals surface area contributed by atoms with Gasteiger partial charge in [-0.05, 0) is 6.92 Å². The highest BCUT2D eigenvalue weighted by molar-refractivity contribution is 5.96. The lowest BCUT2D eigenvalue weighted by Crippen LogP contribution is -2.28. The van der Waals surface area contributed by atoms with Crippen LogP contribution in [-0.4, -0.2) is 34.1 Å². The van der Waals surface area contributed by atoms with Gasteiger partial charge in [-0.15, -0.1) is 0 Å². The summed E-state index contributed by atoms with van der Waals surface area (Å²) in [4.78, 5) is 20.1. The van der Waals surface area contributed by atoms with Crippen LogP contribution in [0.3, 0.4) is 0 Å². The highest BCUT2D eigenvalue weighted by Crippen LogP contribution is 2.18. The molecular weight excluding hydrogens is 256 g/mol. The quantitative estimate of drug-likeness (QED) is 0.762. The minimum Gasteiger partial charge on any atom is -0.395 e.